The highest BCUT2D eigenvalue weighted by atomic mass is 32.1. The van der Waals surface area contributed by atoms with E-state index in [1.54, 1.807) is 12.1 Å². The van der Waals surface area contributed by atoms with Crippen LogP contribution in [0.4, 0.5) is 0 Å². The number of nitrogens with one attached hydrogen (secondary N) is 3. The third kappa shape index (κ3) is 6.09. The summed E-state index contributed by atoms with van der Waals surface area (Å²) in [6.45, 7) is 4.99. The topological polar surface area (TPSA) is 79.5 Å². The van der Waals surface area contributed by atoms with Gasteiger partial charge in [-0.2, -0.15) is 0 Å². The van der Waals surface area contributed by atoms with E-state index in [0.29, 0.717) is 22.2 Å². The molecule has 0 fully saturated rings. The van der Waals surface area contributed by atoms with Crippen LogP contribution in [0.15, 0.2) is 24.3 Å². The Labute approximate surface area is 135 Å². The molecule has 0 atom stereocenters. The average molecular weight is 323 g/mol. The third-order valence-corrected chi connectivity index (χ3v) is 3.11. The van der Waals surface area contributed by atoms with Crippen molar-refractivity contribution in [1.82, 2.24) is 16.2 Å². The molecule has 1 aromatic rings. The lowest BCUT2D eigenvalue weighted by Gasteiger charge is -2.12. The lowest BCUT2D eigenvalue weighted by molar-refractivity contribution is 0.0600. The van der Waals surface area contributed by atoms with Crippen LogP contribution in [0, 0.1) is 5.92 Å². The van der Waals surface area contributed by atoms with Crippen LogP contribution in [0.2, 0.25) is 0 Å². The van der Waals surface area contributed by atoms with Crippen molar-refractivity contribution in [2.75, 3.05) is 13.7 Å². The first-order chi connectivity index (χ1) is 10.4. The highest BCUT2D eigenvalue weighted by molar-refractivity contribution is 7.80. The Balaban J connectivity index is 2.42. The number of carbonyl (C=O) groups is 2. The quantitative estimate of drug-likeness (QED) is 0.434. The number of amides is 1. The van der Waals surface area contributed by atoms with E-state index in [1.165, 1.54) is 19.2 Å². The minimum Gasteiger partial charge on any atom is -0.465 e. The van der Waals surface area contributed by atoms with Crippen molar-refractivity contribution in [3.8, 4) is 0 Å². The zero-order valence-electron chi connectivity index (χ0n) is 12.9. The highest BCUT2D eigenvalue weighted by Gasteiger charge is 2.09. The van der Waals surface area contributed by atoms with E-state index in [0.717, 1.165) is 13.0 Å². The molecule has 0 aliphatic rings. The maximum atomic E-state index is 11.9. The average Bonchev–Trinajstić information content (AvgIpc) is 2.51. The van der Waals surface area contributed by atoms with Gasteiger partial charge in [0.1, 0.15) is 0 Å². The highest BCUT2D eigenvalue weighted by Crippen LogP contribution is 2.05. The second-order valence-corrected chi connectivity index (χ2v) is 5.49. The van der Waals surface area contributed by atoms with Crippen LogP contribution in [0.1, 0.15) is 41.0 Å². The molecule has 1 rings (SSSR count). The fourth-order valence-corrected chi connectivity index (χ4v) is 1.73. The molecule has 0 heterocycles. The summed E-state index contributed by atoms with van der Waals surface area (Å²) in [4.78, 5) is 23.2. The van der Waals surface area contributed by atoms with Gasteiger partial charge in [0.2, 0.25) is 0 Å². The standard InChI is InChI=1S/C15H21N3O3S/c1-10(2)8-9-16-15(22)18-17-13(19)11-4-6-12(7-5-11)14(20)21-3/h4-7,10H,8-9H2,1-3H3,(H,17,19)(H2,16,18,22). The summed E-state index contributed by atoms with van der Waals surface area (Å²) in [6.07, 6.45) is 0.991. The molecule has 1 amide bonds. The van der Waals surface area contributed by atoms with Gasteiger partial charge in [-0.05, 0) is 48.8 Å². The van der Waals surface area contributed by atoms with Gasteiger partial charge in [-0.15, -0.1) is 0 Å². The van der Waals surface area contributed by atoms with Crippen LogP contribution in [-0.4, -0.2) is 30.6 Å². The number of hydrazine groups is 1. The number of thiocarbonyl (C=S) groups is 1. The zero-order valence-corrected chi connectivity index (χ0v) is 13.8. The van der Waals surface area contributed by atoms with Gasteiger partial charge >= 0.3 is 5.97 Å². The Kier molecular flexibility index (Phi) is 7.31. The number of benzene rings is 1. The summed E-state index contributed by atoms with van der Waals surface area (Å²) in [5, 5.41) is 3.36. The summed E-state index contributed by atoms with van der Waals surface area (Å²) in [5.41, 5.74) is 5.92. The van der Waals surface area contributed by atoms with Gasteiger partial charge in [0.15, 0.2) is 5.11 Å². The molecule has 0 saturated carbocycles. The molecular formula is C15H21N3O3S. The zero-order chi connectivity index (χ0) is 16.5. The number of carbonyl (C=O) groups excluding carboxylic acids is 2. The number of hydrogen-bond donors (Lipinski definition) is 3. The molecule has 22 heavy (non-hydrogen) atoms. The Bertz CT molecular complexity index is 529. The minimum absolute atomic E-state index is 0.343. The molecule has 0 radical (unpaired) electrons. The van der Waals surface area contributed by atoms with E-state index in [-0.39, 0.29) is 5.91 Å². The van der Waals surface area contributed by atoms with Crippen LogP contribution in [0.3, 0.4) is 0 Å². The molecule has 0 aliphatic carbocycles. The minimum atomic E-state index is -0.444. The monoisotopic (exact) mass is 323 g/mol. The molecule has 0 aliphatic heterocycles. The smallest absolute Gasteiger partial charge is 0.337 e. The Hall–Kier alpha value is -2.15. The van der Waals surface area contributed by atoms with Crippen LogP contribution < -0.4 is 16.2 Å². The van der Waals surface area contributed by atoms with Crippen LogP contribution in [0.25, 0.3) is 0 Å². The number of methoxy groups -OCH3 is 1. The summed E-state index contributed by atoms with van der Waals surface area (Å²) >= 11 is 5.05. The first kappa shape index (κ1) is 17.9. The largest absolute Gasteiger partial charge is 0.465 e. The van der Waals surface area contributed by atoms with Crippen molar-refractivity contribution in [3.63, 3.8) is 0 Å². The third-order valence-electron chi connectivity index (χ3n) is 2.86. The van der Waals surface area contributed by atoms with Crippen molar-refractivity contribution < 1.29 is 14.3 Å². The number of rotatable bonds is 5. The van der Waals surface area contributed by atoms with Gasteiger partial charge in [-0.1, -0.05) is 13.8 Å². The maximum absolute atomic E-state index is 11.9. The molecule has 0 unspecified atom stereocenters. The van der Waals surface area contributed by atoms with Crippen molar-refractivity contribution in [3.05, 3.63) is 35.4 Å². The van der Waals surface area contributed by atoms with Crippen molar-refractivity contribution in [1.29, 1.82) is 0 Å². The summed E-state index contributed by atoms with van der Waals surface area (Å²) in [7, 11) is 1.31. The SMILES string of the molecule is COC(=O)c1ccc(C(=O)NNC(=S)NCCC(C)C)cc1. The predicted molar refractivity (Wildman–Crippen MR) is 88.4 cm³/mol. The van der Waals surface area contributed by atoms with E-state index in [4.69, 9.17) is 12.2 Å². The van der Waals surface area contributed by atoms with Gasteiger partial charge in [0, 0.05) is 12.1 Å². The summed E-state index contributed by atoms with van der Waals surface area (Å²) in [5.74, 6) is -0.205. The molecule has 120 valence electrons. The molecule has 0 bridgehead atoms. The Morgan fingerprint density at radius 2 is 1.73 bits per heavy atom. The number of esters is 1. The van der Waals surface area contributed by atoms with E-state index in [2.05, 4.69) is 34.8 Å². The Morgan fingerprint density at radius 1 is 1.14 bits per heavy atom. The number of hydrogen-bond acceptors (Lipinski definition) is 4. The van der Waals surface area contributed by atoms with Crippen molar-refractivity contribution >= 4 is 29.2 Å². The predicted octanol–water partition coefficient (Wildman–Crippen LogP) is 1.63. The maximum Gasteiger partial charge on any atom is 0.337 e. The van der Waals surface area contributed by atoms with Crippen LogP contribution in [-0.2, 0) is 4.74 Å². The first-order valence-electron chi connectivity index (χ1n) is 6.96. The van der Waals surface area contributed by atoms with Gasteiger partial charge in [-0.3, -0.25) is 15.6 Å². The second kappa shape index (κ2) is 8.99. The van der Waals surface area contributed by atoms with Gasteiger partial charge in [0.05, 0.1) is 12.7 Å². The molecule has 1 aromatic carbocycles. The molecule has 7 heteroatoms. The van der Waals surface area contributed by atoms with E-state index >= 15 is 0 Å². The first-order valence-corrected chi connectivity index (χ1v) is 7.37. The molecule has 6 nitrogen and oxygen atoms in total. The molecular weight excluding hydrogens is 302 g/mol. The van der Waals surface area contributed by atoms with Gasteiger partial charge in [-0.25, -0.2) is 4.79 Å². The van der Waals surface area contributed by atoms with E-state index in [1.807, 2.05) is 0 Å². The Morgan fingerprint density at radius 3 is 2.27 bits per heavy atom. The fraction of sp³-hybridized carbons (Fsp3) is 0.400. The molecule has 0 saturated heterocycles. The normalized spacial score (nSPS) is 10.0. The molecule has 3 N–H and O–H groups in total. The van der Waals surface area contributed by atoms with E-state index in [9.17, 15) is 9.59 Å². The lowest BCUT2D eigenvalue weighted by atomic mass is 10.1. The molecule has 0 aromatic heterocycles. The van der Waals surface area contributed by atoms with Gasteiger partial charge in [0.25, 0.3) is 5.91 Å². The summed E-state index contributed by atoms with van der Waals surface area (Å²) < 4.78 is 4.59. The lowest BCUT2D eigenvalue weighted by Crippen LogP contribution is -2.47. The summed E-state index contributed by atoms with van der Waals surface area (Å²) in [6, 6.07) is 6.14. The number of ether oxygens (including phenoxy) is 1. The van der Waals surface area contributed by atoms with E-state index < -0.39 is 5.97 Å². The second-order valence-electron chi connectivity index (χ2n) is 5.09. The fourth-order valence-electron chi connectivity index (χ4n) is 1.58. The van der Waals surface area contributed by atoms with Crippen LogP contribution >= 0.6 is 12.2 Å². The van der Waals surface area contributed by atoms with Crippen LogP contribution in [0.5, 0.6) is 0 Å². The molecule has 0 spiro atoms. The van der Waals surface area contributed by atoms with Crippen molar-refractivity contribution in [2.45, 2.75) is 20.3 Å². The van der Waals surface area contributed by atoms with Crippen molar-refractivity contribution in [2.24, 2.45) is 5.92 Å². The van der Waals surface area contributed by atoms with Gasteiger partial charge < -0.3 is 10.1 Å².